The van der Waals surface area contributed by atoms with Crippen molar-refractivity contribution in [3.63, 3.8) is 0 Å². The number of rotatable bonds is 3. The Hall–Kier alpha value is -2.02. The zero-order valence-corrected chi connectivity index (χ0v) is 12.7. The van der Waals surface area contributed by atoms with Crippen LogP contribution in [0.25, 0.3) is 0 Å². The second-order valence-electron chi connectivity index (χ2n) is 5.30. The topological polar surface area (TPSA) is 90.0 Å². The van der Waals surface area contributed by atoms with Crippen molar-refractivity contribution in [1.29, 1.82) is 0 Å². The summed E-state index contributed by atoms with van der Waals surface area (Å²) in [4.78, 5) is 3.83. The summed E-state index contributed by atoms with van der Waals surface area (Å²) in [6.07, 6.45) is 5.52. The summed E-state index contributed by atoms with van der Waals surface area (Å²) in [5.74, 6) is 0.00907. The Morgan fingerprint density at radius 3 is 2.76 bits per heavy atom. The van der Waals surface area contributed by atoms with Gasteiger partial charge in [-0.2, -0.15) is 8.42 Å². The van der Waals surface area contributed by atoms with Gasteiger partial charge in [-0.15, -0.1) is 0 Å². The minimum atomic E-state index is -3.74. The maximum Gasteiger partial charge on any atom is 0.281 e. The summed E-state index contributed by atoms with van der Waals surface area (Å²) in [6, 6.07) is 5.74. The van der Waals surface area contributed by atoms with Crippen LogP contribution in [0.15, 0.2) is 29.6 Å². The molecule has 1 aromatic carbocycles. The molecule has 2 aromatic rings. The van der Waals surface area contributed by atoms with Crippen LogP contribution in [0.4, 0.5) is 11.5 Å². The van der Waals surface area contributed by atoms with Crippen LogP contribution in [0, 0.1) is 0 Å². The van der Waals surface area contributed by atoms with Crippen LogP contribution in [0.1, 0.15) is 24.0 Å². The van der Waals surface area contributed by atoms with Crippen LogP contribution >= 0.6 is 0 Å². The van der Waals surface area contributed by atoms with Gasteiger partial charge in [0.1, 0.15) is 0 Å². The second-order valence-corrected chi connectivity index (χ2v) is 6.90. The molecule has 7 heteroatoms. The highest BCUT2D eigenvalue weighted by Crippen LogP contribution is 2.30. The van der Waals surface area contributed by atoms with Crippen molar-refractivity contribution in [3.8, 4) is 0 Å². The monoisotopic (exact) mass is 306 g/mol. The molecule has 0 fully saturated rings. The number of hydrogen-bond acceptors (Lipinski definition) is 4. The first-order chi connectivity index (χ1) is 9.99. The molecule has 0 saturated heterocycles. The van der Waals surface area contributed by atoms with Gasteiger partial charge in [-0.25, -0.2) is 4.98 Å². The van der Waals surface area contributed by atoms with Gasteiger partial charge in [-0.3, -0.25) is 4.72 Å². The van der Waals surface area contributed by atoms with Crippen LogP contribution < -0.4 is 10.5 Å². The van der Waals surface area contributed by atoms with E-state index in [2.05, 4.69) is 15.8 Å². The highest BCUT2D eigenvalue weighted by Gasteiger charge is 2.24. The van der Waals surface area contributed by atoms with E-state index in [0.717, 1.165) is 31.2 Å². The standard InChI is InChI=1S/C14H18N4O2S/c1-18-9-16-13(15)14(18)21(19,20)17-12-8-4-6-10-5-2-3-7-11(10)12/h4,6,8-9,17H,2-3,5,7,15H2,1H3. The molecule has 3 rings (SSSR count). The van der Waals surface area contributed by atoms with Gasteiger partial charge in [0.05, 0.1) is 12.0 Å². The van der Waals surface area contributed by atoms with Gasteiger partial charge in [0.25, 0.3) is 10.0 Å². The average Bonchev–Trinajstić information content (AvgIpc) is 2.79. The first-order valence-corrected chi connectivity index (χ1v) is 8.38. The molecule has 21 heavy (non-hydrogen) atoms. The van der Waals surface area contributed by atoms with E-state index in [1.165, 1.54) is 16.5 Å². The van der Waals surface area contributed by atoms with Gasteiger partial charge in [-0.05, 0) is 42.9 Å². The Kier molecular flexibility index (Phi) is 3.36. The summed E-state index contributed by atoms with van der Waals surface area (Å²) < 4.78 is 29.1. The van der Waals surface area contributed by atoms with Crippen molar-refractivity contribution < 1.29 is 8.42 Å². The van der Waals surface area contributed by atoms with Crippen molar-refractivity contribution in [3.05, 3.63) is 35.7 Å². The quantitative estimate of drug-likeness (QED) is 0.902. The molecule has 0 saturated carbocycles. The zero-order valence-electron chi connectivity index (χ0n) is 11.8. The Labute approximate surface area is 124 Å². The van der Waals surface area contributed by atoms with Crippen molar-refractivity contribution in [2.24, 2.45) is 7.05 Å². The molecule has 0 amide bonds. The lowest BCUT2D eigenvalue weighted by atomic mass is 9.91. The van der Waals surface area contributed by atoms with E-state index in [9.17, 15) is 8.42 Å². The highest BCUT2D eigenvalue weighted by molar-refractivity contribution is 7.92. The lowest BCUT2D eigenvalue weighted by Crippen LogP contribution is -2.19. The molecule has 0 aliphatic heterocycles. The number of anilines is 2. The lowest BCUT2D eigenvalue weighted by Gasteiger charge is -2.20. The summed E-state index contributed by atoms with van der Waals surface area (Å²) in [7, 11) is -2.13. The molecule has 0 unspecified atom stereocenters. The van der Waals surface area contributed by atoms with Gasteiger partial charge < -0.3 is 10.3 Å². The van der Waals surface area contributed by atoms with Gasteiger partial charge in [0.15, 0.2) is 10.8 Å². The lowest BCUT2D eigenvalue weighted by molar-refractivity contribution is 0.591. The fraction of sp³-hybridized carbons (Fsp3) is 0.357. The van der Waals surface area contributed by atoms with Crippen LogP contribution in [0.5, 0.6) is 0 Å². The van der Waals surface area contributed by atoms with Crippen LogP contribution in [-0.4, -0.2) is 18.0 Å². The molecule has 3 N–H and O–H groups in total. The van der Waals surface area contributed by atoms with E-state index in [-0.39, 0.29) is 10.8 Å². The Bertz CT molecular complexity index is 761. The number of nitrogen functional groups attached to an aromatic ring is 1. The van der Waals surface area contributed by atoms with Crippen LogP contribution in [0.3, 0.4) is 0 Å². The number of nitrogens with two attached hydrogens (primary N) is 1. The first kappa shape index (κ1) is 13.9. The molecule has 112 valence electrons. The number of fused-ring (bicyclic) bond motifs is 1. The average molecular weight is 306 g/mol. The molecule has 1 aliphatic carbocycles. The largest absolute Gasteiger partial charge is 0.381 e. The second kappa shape index (κ2) is 5.07. The van der Waals surface area contributed by atoms with Crippen molar-refractivity contribution >= 4 is 21.5 Å². The smallest absolute Gasteiger partial charge is 0.281 e. The number of sulfonamides is 1. The first-order valence-electron chi connectivity index (χ1n) is 6.89. The van der Waals surface area contributed by atoms with Crippen molar-refractivity contribution in [2.75, 3.05) is 10.5 Å². The molecule has 6 nitrogen and oxygen atoms in total. The van der Waals surface area contributed by atoms with Crippen molar-refractivity contribution in [2.45, 2.75) is 30.7 Å². The van der Waals surface area contributed by atoms with Gasteiger partial charge in [0, 0.05) is 7.05 Å². The number of nitrogens with zero attached hydrogens (tertiary/aromatic N) is 2. The molecular formula is C14H18N4O2S. The Morgan fingerprint density at radius 2 is 2.05 bits per heavy atom. The van der Waals surface area contributed by atoms with E-state index in [1.54, 1.807) is 13.1 Å². The highest BCUT2D eigenvalue weighted by atomic mass is 32.2. The molecule has 1 heterocycles. The van der Waals surface area contributed by atoms with Gasteiger partial charge in [-0.1, -0.05) is 12.1 Å². The van der Waals surface area contributed by atoms with E-state index in [1.807, 2.05) is 6.07 Å². The minimum absolute atomic E-state index is 0.00378. The third-order valence-electron chi connectivity index (χ3n) is 3.80. The van der Waals surface area contributed by atoms with Gasteiger partial charge >= 0.3 is 0 Å². The Balaban J connectivity index is 2.01. The zero-order chi connectivity index (χ0) is 15.0. The van der Waals surface area contributed by atoms with Crippen LogP contribution in [-0.2, 0) is 29.9 Å². The number of nitrogens with one attached hydrogen (secondary N) is 1. The maximum absolute atomic E-state index is 12.5. The number of imidazole rings is 1. The summed E-state index contributed by atoms with van der Waals surface area (Å²) in [6.45, 7) is 0. The SMILES string of the molecule is Cn1cnc(N)c1S(=O)(=O)Nc1cccc2c1CCCC2. The number of hydrogen-bond donors (Lipinski definition) is 2. The molecule has 1 aromatic heterocycles. The van der Waals surface area contributed by atoms with E-state index in [0.29, 0.717) is 5.69 Å². The number of aryl methyl sites for hydroxylation is 2. The number of benzene rings is 1. The van der Waals surface area contributed by atoms with Crippen molar-refractivity contribution in [1.82, 2.24) is 9.55 Å². The van der Waals surface area contributed by atoms with E-state index < -0.39 is 10.0 Å². The third-order valence-corrected chi connectivity index (χ3v) is 5.30. The summed E-state index contributed by atoms with van der Waals surface area (Å²) >= 11 is 0. The summed E-state index contributed by atoms with van der Waals surface area (Å²) in [5, 5.41) is -0.00378. The van der Waals surface area contributed by atoms with E-state index in [4.69, 9.17) is 5.73 Å². The van der Waals surface area contributed by atoms with Crippen LogP contribution in [0.2, 0.25) is 0 Å². The fourth-order valence-electron chi connectivity index (χ4n) is 2.83. The molecule has 0 spiro atoms. The molecule has 1 aliphatic rings. The predicted octanol–water partition coefficient (Wildman–Crippen LogP) is 1.68. The molecule has 0 atom stereocenters. The molecule has 0 bridgehead atoms. The fourth-order valence-corrected chi connectivity index (χ4v) is 4.17. The number of aromatic nitrogens is 2. The molecular weight excluding hydrogens is 288 g/mol. The van der Waals surface area contributed by atoms with Gasteiger partial charge in [0.2, 0.25) is 0 Å². The Morgan fingerprint density at radius 1 is 1.29 bits per heavy atom. The maximum atomic E-state index is 12.5. The van der Waals surface area contributed by atoms with E-state index >= 15 is 0 Å². The normalized spacial score (nSPS) is 14.7. The predicted molar refractivity (Wildman–Crippen MR) is 81.5 cm³/mol. The molecule has 0 radical (unpaired) electrons. The summed E-state index contributed by atoms with van der Waals surface area (Å²) in [5.41, 5.74) is 8.63. The third kappa shape index (κ3) is 2.49. The minimum Gasteiger partial charge on any atom is -0.381 e.